The lowest BCUT2D eigenvalue weighted by Gasteiger charge is -2.31. The Kier molecular flexibility index (Phi) is 2.85. The Hall–Kier alpha value is -2.17. The van der Waals surface area contributed by atoms with Crippen molar-refractivity contribution in [3.63, 3.8) is 0 Å². The highest BCUT2D eigenvalue weighted by atomic mass is 35.5. The molecule has 5 heteroatoms. The molecule has 0 bridgehead atoms. The predicted molar refractivity (Wildman–Crippen MR) is 74.8 cm³/mol. The number of Topliss-reactive ketones (excluding diaryl/α,β-unsaturated/α-hetero) is 1. The zero-order valence-electron chi connectivity index (χ0n) is 10.3. The number of fused-ring (bicyclic) bond motifs is 1. The fourth-order valence-corrected chi connectivity index (χ4v) is 2.44. The number of carbonyl (C=O) groups excluding carboxylic acids is 2. The number of carbonyl (C=O) groups is 2. The van der Waals surface area contributed by atoms with Gasteiger partial charge in [-0.15, -0.1) is 0 Å². The lowest BCUT2D eigenvalue weighted by Crippen LogP contribution is -2.50. The molecule has 100 valence electrons. The normalized spacial score (nSPS) is 21.3. The Balaban J connectivity index is 2.18. The molecule has 20 heavy (non-hydrogen) atoms. The van der Waals surface area contributed by atoms with Crippen LogP contribution in [0.2, 0.25) is 5.02 Å². The maximum absolute atomic E-state index is 12.5. The molecule has 2 aromatic rings. The van der Waals surface area contributed by atoms with Gasteiger partial charge in [0.2, 0.25) is 11.4 Å². The molecule has 0 aliphatic carbocycles. The number of hydrogen-bond acceptors (Lipinski definition) is 3. The molecule has 2 aromatic carbocycles. The van der Waals surface area contributed by atoms with Gasteiger partial charge in [-0.3, -0.25) is 9.59 Å². The molecular formula is C15H10ClNO3. The summed E-state index contributed by atoms with van der Waals surface area (Å²) in [7, 11) is 0. The van der Waals surface area contributed by atoms with Gasteiger partial charge in [0, 0.05) is 16.1 Å². The molecule has 1 heterocycles. The largest absolute Gasteiger partial charge is 0.369 e. The zero-order chi connectivity index (χ0) is 14.3. The average Bonchev–Trinajstić information content (AvgIpc) is 2.45. The summed E-state index contributed by atoms with van der Waals surface area (Å²) in [5.74, 6) is -1.43. The summed E-state index contributed by atoms with van der Waals surface area (Å²) in [5, 5.41) is 13.5. The van der Waals surface area contributed by atoms with Gasteiger partial charge in [-0.25, -0.2) is 0 Å². The van der Waals surface area contributed by atoms with E-state index in [1.807, 2.05) is 0 Å². The minimum atomic E-state index is -2.21. The van der Waals surface area contributed by atoms with Gasteiger partial charge >= 0.3 is 0 Å². The number of benzene rings is 2. The molecule has 1 aliphatic heterocycles. The first kappa shape index (κ1) is 12.8. The number of anilines is 1. The average molecular weight is 288 g/mol. The number of amides is 1. The third-order valence-corrected chi connectivity index (χ3v) is 3.56. The summed E-state index contributed by atoms with van der Waals surface area (Å²) in [6, 6.07) is 12.7. The Labute approximate surface area is 120 Å². The zero-order valence-corrected chi connectivity index (χ0v) is 11.0. The van der Waals surface area contributed by atoms with Gasteiger partial charge in [0.15, 0.2) is 0 Å². The lowest BCUT2D eigenvalue weighted by molar-refractivity contribution is -0.130. The fraction of sp³-hybridized carbons (Fsp3) is 0.0667. The molecule has 1 unspecified atom stereocenters. The molecule has 0 spiro atoms. The van der Waals surface area contributed by atoms with E-state index < -0.39 is 17.3 Å². The van der Waals surface area contributed by atoms with Crippen LogP contribution in [0.3, 0.4) is 0 Å². The van der Waals surface area contributed by atoms with Crippen molar-refractivity contribution in [1.82, 2.24) is 0 Å². The Morgan fingerprint density at radius 2 is 1.75 bits per heavy atom. The van der Waals surface area contributed by atoms with Crippen molar-refractivity contribution in [3.05, 3.63) is 64.7 Å². The van der Waals surface area contributed by atoms with Crippen molar-refractivity contribution in [1.29, 1.82) is 0 Å². The van der Waals surface area contributed by atoms with Crippen molar-refractivity contribution in [2.75, 3.05) is 5.32 Å². The summed E-state index contributed by atoms with van der Waals surface area (Å²) in [5.41, 5.74) is -1.42. The molecule has 0 saturated carbocycles. The minimum Gasteiger partial charge on any atom is -0.369 e. The number of aliphatic hydroxyl groups is 1. The first-order chi connectivity index (χ1) is 9.53. The molecule has 1 amide bonds. The molecule has 0 saturated heterocycles. The van der Waals surface area contributed by atoms with E-state index in [0.29, 0.717) is 10.7 Å². The summed E-state index contributed by atoms with van der Waals surface area (Å²) in [6.45, 7) is 0. The van der Waals surface area contributed by atoms with Crippen molar-refractivity contribution in [2.24, 2.45) is 0 Å². The van der Waals surface area contributed by atoms with Crippen LogP contribution in [-0.2, 0) is 10.4 Å². The third-order valence-electron chi connectivity index (χ3n) is 3.32. The van der Waals surface area contributed by atoms with Crippen LogP contribution >= 0.6 is 11.6 Å². The summed E-state index contributed by atoms with van der Waals surface area (Å²) in [6.07, 6.45) is 0. The molecule has 0 fully saturated rings. The van der Waals surface area contributed by atoms with Crippen molar-refractivity contribution >= 4 is 29.0 Å². The van der Waals surface area contributed by atoms with Gasteiger partial charge in [0.05, 0.1) is 5.69 Å². The van der Waals surface area contributed by atoms with Crippen molar-refractivity contribution < 1.29 is 14.7 Å². The quantitative estimate of drug-likeness (QED) is 0.791. The van der Waals surface area contributed by atoms with Gasteiger partial charge in [0.1, 0.15) is 0 Å². The van der Waals surface area contributed by atoms with Crippen LogP contribution in [0.25, 0.3) is 0 Å². The second-order valence-electron chi connectivity index (χ2n) is 4.55. The molecule has 2 N–H and O–H groups in total. The summed E-state index contributed by atoms with van der Waals surface area (Å²) >= 11 is 5.84. The van der Waals surface area contributed by atoms with Gasteiger partial charge < -0.3 is 10.4 Å². The van der Waals surface area contributed by atoms with Crippen LogP contribution in [0.5, 0.6) is 0 Å². The molecule has 0 aromatic heterocycles. The molecule has 0 radical (unpaired) electrons. The highest BCUT2D eigenvalue weighted by Crippen LogP contribution is 2.35. The van der Waals surface area contributed by atoms with E-state index in [0.717, 1.165) is 0 Å². The van der Waals surface area contributed by atoms with E-state index in [2.05, 4.69) is 5.32 Å². The van der Waals surface area contributed by atoms with Crippen LogP contribution in [0.4, 0.5) is 5.69 Å². The number of halogens is 1. The van der Waals surface area contributed by atoms with E-state index in [9.17, 15) is 14.7 Å². The van der Waals surface area contributed by atoms with E-state index >= 15 is 0 Å². The smallest absolute Gasteiger partial charge is 0.269 e. The SMILES string of the molecule is O=C1Nc2cc(Cl)ccc2C(=O)C1(O)c1ccccc1. The summed E-state index contributed by atoms with van der Waals surface area (Å²) in [4.78, 5) is 24.7. The Morgan fingerprint density at radius 1 is 1.05 bits per heavy atom. The number of hydrogen-bond donors (Lipinski definition) is 2. The standard InChI is InChI=1S/C15H10ClNO3/c16-10-6-7-11-12(8-10)17-14(19)15(20,13(11)18)9-4-2-1-3-5-9/h1-8,20H,(H,17,19). The lowest BCUT2D eigenvalue weighted by atomic mass is 9.82. The third kappa shape index (κ3) is 1.73. The van der Waals surface area contributed by atoms with Crippen LogP contribution in [0, 0.1) is 0 Å². The minimum absolute atomic E-state index is 0.236. The highest BCUT2D eigenvalue weighted by Gasteiger charge is 2.49. The Bertz CT molecular complexity index is 714. The van der Waals surface area contributed by atoms with Crippen molar-refractivity contribution in [3.8, 4) is 0 Å². The fourth-order valence-electron chi connectivity index (χ4n) is 2.27. The highest BCUT2D eigenvalue weighted by molar-refractivity contribution is 6.32. The van der Waals surface area contributed by atoms with Gasteiger partial charge in [0.25, 0.3) is 5.91 Å². The molecule has 1 atom stereocenters. The van der Waals surface area contributed by atoms with Gasteiger partial charge in [-0.05, 0) is 18.2 Å². The van der Waals surface area contributed by atoms with E-state index in [4.69, 9.17) is 11.6 Å². The second-order valence-corrected chi connectivity index (χ2v) is 4.99. The first-order valence-corrected chi connectivity index (χ1v) is 6.35. The van der Waals surface area contributed by atoms with E-state index in [1.165, 1.54) is 12.1 Å². The van der Waals surface area contributed by atoms with Crippen LogP contribution in [0.1, 0.15) is 15.9 Å². The van der Waals surface area contributed by atoms with E-state index in [1.54, 1.807) is 36.4 Å². The molecular weight excluding hydrogens is 278 g/mol. The van der Waals surface area contributed by atoms with Crippen LogP contribution < -0.4 is 5.32 Å². The first-order valence-electron chi connectivity index (χ1n) is 5.97. The van der Waals surface area contributed by atoms with Gasteiger partial charge in [-0.1, -0.05) is 41.9 Å². The second kappa shape index (κ2) is 4.44. The number of rotatable bonds is 1. The maximum atomic E-state index is 12.5. The molecule has 3 rings (SSSR count). The van der Waals surface area contributed by atoms with Crippen LogP contribution in [-0.4, -0.2) is 16.8 Å². The van der Waals surface area contributed by atoms with Gasteiger partial charge in [-0.2, -0.15) is 0 Å². The predicted octanol–water partition coefficient (Wildman–Crippen LogP) is 2.36. The number of ketones is 1. The maximum Gasteiger partial charge on any atom is 0.269 e. The molecule has 4 nitrogen and oxygen atoms in total. The number of nitrogens with one attached hydrogen (secondary N) is 1. The van der Waals surface area contributed by atoms with Crippen LogP contribution in [0.15, 0.2) is 48.5 Å². The topological polar surface area (TPSA) is 66.4 Å². The molecule has 1 aliphatic rings. The Morgan fingerprint density at radius 3 is 2.45 bits per heavy atom. The monoisotopic (exact) mass is 287 g/mol. The van der Waals surface area contributed by atoms with Crippen molar-refractivity contribution in [2.45, 2.75) is 5.60 Å². The summed E-state index contributed by atoms with van der Waals surface area (Å²) < 4.78 is 0. The van der Waals surface area contributed by atoms with E-state index in [-0.39, 0.29) is 11.1 Å².